The van der Waals surface area contributed by atoms with E-state index in [2.05, 4.69) is 32.0 Å². The smallest absolute Gasteiger partial charge is 0.308 e. The van der Waals surface area contributed by atoms with Crippen LogP contribution in [0.2, 0.25) is 0 Å². The number of benzene rings is 1. The molecule has 1 aromatic rings. The Balaban J connectivity index is 1.90. The maximum absolute atomic E-state index is 12.2. The van der Waals surface area contributed by atoms with Crippen molar-refractivity contribution in [2.75, 3.05) is 13.1 Å². The Morgan fingerprint density at radius 1 is 1.24 bits per heavy atom. The van der Waals surface area contributed by atoms with Gasteiger partial charge in [0, 0.05) is 19.5 Å². The number of piperidine rings is 1. The van der Waals surface area contributed by atoms with Gasteiger partial charge in [0.15, 0.2) is 0 Å². The number of carboxylic acid groups (broad SMARTS) is 1. The third-order valence-corrected chi connectivity index (χ3v) is 4.03. The number of hydrogen-bond acceptors (Lipinski definition) is 2. The predicted molar refractivity (Wildman–Crippen MR) is 81.2 cm³/mol. The van der Waals surface area contributed by atoms with Crippen molar-refractivity contribution < 1.29 is 14.7 Å². The molecule has 1 heterocycles. The fourth-order valence-electron chi connectivity index (χ4n) is 3.03. The van der Waals surface area contributed by atoms with Crippen LogP contribution in [0.15, 0.2) is 18.2 Å². The lowest BCUT2D eigenvalue weighted by atomic mass is 9.97. The van der Waals surface area contributed by atoms with Gasteiger partial charge in [0.05, 0.1) is 5.92 Å². The van der Waals surface area contributed by atoms with Crippen LogP contribution in [0.5, 0.6) is 0 Å². The minimum Gasteiger partial charge on any atom is -0.481 e. The molecular weight excluding hydrogens is 266 g/mol. The highest BCUT2D eigenvalue weighted by molar-refractivity contribution is 5.78. The summed E-state index contributed by atoms with van der Waals surface area (Å²) in [6.07, 6.45) is 2.63. The molecule has 0 saturated carbocycles. The number of aryl methyl sites for hydroxylation is 3. The summed E-state index contributed by atoms with van der Waals surface area (Å²) in [6, 6.07) is 6.33. The summed E-state index contributed by atoms with van der Waals surface area (Å²) in [5.41, 5.74) is 3.59. The van der Waals surface area contributed by atoms with Gasteiger partial charge in [0.25, 0.3) is 0 Å². The maximum atomic E-state index is 12.2. The van der Waals surface area contributed by atoms with Gasteiger partial charge in [-0.2, -0.15) is 0 Å². The van der Waals surface area contributed by atoms with Crippen molar-refractivity contribution in [3.8, 4) is 0 Å². The number of hydrogen-bond donors (Lipinski definition) is 1. The van der Waals surface area contributed by atoms with Crippen LogP contribution in [0.4, 0.5) is 0 Å². The summed E-state index contributed by atoms with van der Waals surface area (Å²) in [7, 11) is 0. The van der Waals surface area contributed by atoms with Gasteiger partial charge in [-0.05, 0) is 38.7 Å². The first-order chi connectivity index (χ1) is 9.95. The first-order valence-corrected chi connectivity index (χ1v) is 7.53. The topological polar surface area (TPSA) is 57.6 Å². The molecular formula is C17H23NO3. The van der Waals surface area contributed by atoms with Gasteiger partial charge >= 0.3 is 5.97 Å². The van der Waals surface area contributed by atoms with Crippen molar-refractivity contribution in [1.82, 2.24) is 4.90 Å². The normalized spacial score (nSPS) is 18.6. The third-order valence-electron chi connectivity index (χ3n) is 4.03. The Hall–Kier alpha value is -1.84. The summed E-state index contributed by atoms with van der Waals surface area (Å²) >= 11 is 0. The van der Waals surface area contributed by atoms with Gasteiger partial charge < -0.3 is 10.0 Å². The van der Waals surface area contributed by atoms with E-state index in [0.717, 1.165) is 12.8 Å². The largest absolute Gasteiger partial charge is 0.481 e. The molecule has 1 aliphatic heterocycles. The van der Waals surface area contributed by atoms with Crippen molar-refractivity contribution in [3.05, 3.63) is 34.9 Å². The van der Waals surface area contributed by atoms with Gasteiger partial charge in [-0.3, -0.25) is 9.59 Å². The Bertz CT molecular complexity index is 519. The number of likely N-dealkylation sites (tertiary alicyclic amines) is 1. The average Bonchev–Trinajstić information content (AvgIpc) is 2.44. The van der Waals surface area contributed by atoms with Crippen LogP contribution in [0.3, 0.4) is 0 Å². The fourth-order valence-corrected chi connectivity index (χ4v) is 3.03. The Labute approximate surface area is 125 Å². The summed E-state index contributed by atoms with van der Waals surface area (Å²) in [5.74, 6) is -1.12. The molecule has 1 atom stereocenters. The minimum atomic E-state index is -0.790. The van der Waals surface area contributed by atoms with E-state index in [-0.39, 0.29) is 5.91 Å². The van der Waals surface area contributed by atoms with Crippen molar-refractivity contribution >= 4 is 11.9 Å². The SMILES string of the molecule is Cc1cc(C)cc(CCC(=O)N2CCC[C@H](C(=O)O)C2)c1. The van der Waals surface area contributed by atoms with Crippen LogP contribution in [0, 0.1) is 19.8 Å². The zero-order valence-electron chi connectivity index (χ0n) is 12.8. The minimum absolute atomic E-state index is 0.0695. The van der Waals surface area contributed by atoms with Gasteiger partial charge in [0.2, 0.25) is 5.91 Å². The molecule has 1 N–H and O–H groups in total. The van der Waals surface area contributed by atoms with Crippen LogP contribution in [0.25, 0.3) is 0 Å². The van der Waals surface area contributed by atoms with E-state index in [1.807, 2.05) is 0 Å². The molecule has 1 amide bonds. The van der Waals surface area contributed by atoms with E-state index in [9.17, 15) is 9.59 Å². The number of carboxylic acids is 1. The number of aliphatic carboxylic acids is 1. The number of carbonyl (C=O) groups is 2. The van der Waals surface area contributed by atoms with Crippen LogP contribution < -0.4 is 0 Å². The monoisotopic (exact) mass is 289 g/mol. The van der Waals surface area contributed by atoms with Crippen molar-refractivity contribution in [2.24, 2.45) is 5.92 Å². The van der Waals surface area contributed by atoms with Gasteiger partial charge in [-0.1, -0.05) is 29.3 Å². The number of nitrogens with zero attached hydrogens (tertiary/aromatic N) is 1. The first kappa shape index (κ1) is 15.5. The van der Waals surface area contributed by atoms with E-state index in [1.54, 1.807) is 4.90 Å². The highest BCUT2D eigenvalue weighted by Crippen LogP contribution is 2.18. The molecule has 0 radical (unpaired) electrons. The first-order valence-electron chi connectivity index (χ1n) is 7.53. The molecule has 1 saturated heterocycles. The quantitative estimate of drug-likeness (QED) is 0.926. The molecule has 1 fully saturated rings. The van der Waals surface area contributed by atoms with E-state index in [1.165, 1.54) is 16.7 Å². The average molecular weight is 289 g/mol. The highest BCUT2D eigenvalue weighted by atomic mass is 16.4. The van der Waals surface area contributed by atoms with E-state index in [0.29, 0.717) is 25.9 Å². The lowest BCUT2D eigenvalue weighted by Crippen LogP contribution is -2.42. The molecule has 0 aliphatic carbocycles. The third kappa shape index (κ3) is 4.31. The molecule has 0 unspecified atom stereocenters. The Morgan fingerprint density at radius 2 is 1.90 bits per heavy atom. The zero-order chi connectivity index (χ0) is 15.4. The standard InChI is InChI=1S/C17H23NO3/c1-12-8-13(2)10-14(9-12)5-6-16(19)18-7-3-4-15(11-18)17(20)21/h8-10,15H,3-7,11H2,1-2H3,(H,20,21)/t15-/m0/s1. The fraction of sp³-hybridized carbons (Fsp3) is 0.529. The lowest BCUT2D eigenvalue weighted by molar-refractivity contribution is -0.145. The summed E-state index contributed by atoms with van der Waals surface area (Å²) < 4.78 is 0. The van der Waals surface area contributed by atoms with E-state index in [4.69, 9.17) is 5.11 Å². The predicted octanol–water partition coefficient (Wildman–Crippen LogP) is 2.56. The van der Waals surface area contributed by atoms with Crippen molar-refractivity contribution in [2.45, 2.75) is 39.5 Å². The molecule has 114 valence electrons. The summed E-state index contributed by atoms with van der Waals surface area (Å²) in [4.78, 5) is 25.0. The summed E-state index contributed by atoms with van der Waals surface area (Å²) in [5, 5.41) is 9.07. The molecule has 21 heavy (non-hydrogen) atoms. The van der Waals surface area contributed by atoms with Crippen LogP contribution in [-0.4, -0.2) is 35.0 Å². The molecule has 4 heteroatoms. The number of amides is 1. The van der Waals surface area contributed by atoms with Crippen molar-refractivity contribution in [1.29, 1.82) is 0 Å². The molecule has 2 rings (SSSR count). The highest BCUT2D eigenvalue weighted by Gasteiger charge is 2.27. The lowest BCUT2D eigenvalue weighted by Gasteiger charge is -2.30. The Morgan fingerprint density at radius 3 is 2.52 bits per heavy atom. The van der Waals surface area contributed by atoms with Gasteiger partial charge in [-0.15, -0.1) is 0 Å². The number of rotatable bonds is 4. The molecule has 0 spiro atoms. The van der Waals surface area contributed by atoms with E-state index < -0.39 is 11.9 Å². The van der Waals surface area contributed by atoms with Crippen LogP contribution >= 0.6 is 0 Å². The van der Waals surface area contributed by atoms with Gasteiger partial charge in [-0.25, -0.2) is 0 Å². The molecule has 1 aromatic carbocycles. The van der Waals surface area contributed by atoms with Crippen LogP contribution in [-0.2, 0) is 16.0 Å². The Kier molecular flexibility index (Phi) is 4.99. The number of carbonyl (C=O) groups excluding carboxylic acids is 1. The second kappa shape index (κ2) is 6.74. The second-order valence-electron chi connectivity index (χ2n) is 6.01. The van der Waals surface area contributed by atoms with Crippen molar-refractivity contribution in [3.63, 3.8) is 0 Å². The second-order valence-corrected chi connectivity index (χ2v) is 6.01. The molecule has 1 aliphatic rings. The summed E-state index contributed by atoms with van der Waals surface area (Å²) in [6.45, 7) is 5.16. The molecule has 0 aromatic heterocycles. The van der Waals surface area contributed by atoms with Crippen LogP contribution in [0.1, 0.15) is 36.0 Å². The zero-order valence-corrected chi connectivity index (χ0v) is 12.8. The van der Waals surface area contributed by atoms with Gasteiger partial charge in [0.1, 0.15) is 0 Å². The molecule has 4 nitrogen and oxygen atoms in total. The maximum Gasteiger partial charge on any atom is 0.308 e. The molecule has 0 bridgehead atoms. The van der Waals surface area contributed by atoms with E-state index >= 15 is 0 Å².